The van der Waals surface area contributed by atoms with Crippen molar-refractivity contribution in [2.45, 2.75) is 31.7 Å². The zero-order valence-electron chi connectivity index (χ0n) is 18.3. The Labute approximate surface area is 199 Å². The van der Waals surface area contributed by atoms with E-state index in [4.69, 9.17) is 27.9 Å². The van der Waals surface area contributed by atoms with Crippen LogP contribution >= 0.6 is 23.2 Å². The quantitative estimate of drug-likeness (QED) is 0.627. The molecule has 0 aliphatic carbocycles. The van der Waals surface area contributed by atoms with Crippen molar-refractivity contribution in [1.29, 1.82) is 0 Å². The van der Waals surface area contributed by atoms with Crippen LogP contribution in [0.25, 0.3) is 0 Å². The smallest absolute Gasteiger partial charge is 0.241 e. The Bertz CT molecular complexity index is 1090. The van der Waals surface area contributed by atoms with Gasteiger partial charge >= 0.3 is 0 Å². The number of hydrogen-bond acceptors (Lipinski definition) is 5. The molecule has 32 heavy (non-hydrogen) atoms. The molecular formula is C22H27Cl2N3O4S. The average Bonchev–Trinajstić information content (AvgIpc) is 2.76. The molecule has 0 saturated carbocycles. The van der Waals surface area contributed by atoms with Gasteiger partial charge in [0.05, 0.1) is 22.6 Å². The average molecular weight is 500 g/mol. The number of ether oxygens (including phenoxy) is 1. The molecule has 0 spiro atoms. The van der Waals surface area contributed by atoms with Crippen LogP contribution in [0.5, 0.6) is 5.75 Å². The molecular weight excluding hydrogens is 473 g/mol. The van der Waals surface area contributed by atoms with Crippen molar-refractivity contribution in [3.8, 4) is 5.75 Å². The van der Waals surface area contributed by atoms with Gasteiger partial charge < -0.3 is 14.5 Å². The number of nitrogens with zero attached hydrogens (tertiary/aromatic N) is 2. The first-order valence-corrected chi connectivity index (χ1v) is 12.6. The maximum absolute atomic E-state index is 12.9. The molecule has 10 heteroatoms. The summed E-state index contributed by atoms with van der Waals surface area (Å²) < 4.78 is 33.3. The molecule has 1 aliphatic heterocycles. The van der Waals surface area contributed by atoms with E-state index in [9.17, 15) is 13.2 Å². The predicted octanol–water partition coefficient (Wildman–Crippen LogP) is 3.72. The lowest BCUT2D eigenvalue weighted by Gasteiger charge is -2.37. The van der Waals surface area contributed by atoms with Crippen LogP contribution < -0.4 is 14.4 Å². The van der Waals surface area contributed by atoms with E-state index >= 15 is 0 Å². The molecule has 1 amide bonds. The van der Waals surface area contributed by atoms with E-state index in [1.165, 1.54) is 18.2 Å². The second kappa shape index (κ2) is 10.3. The molecule has 174 valence electrons. The summed E-state index contributed by atoms with van der Waals surface area (Å²) in [6, 6.07) is 9.06. The van der Waals surface area contributed by atoms with Crippen LogP contribution in [0.4, 0.5) is 5.69 Å². The number of benzene rings is 2. The van der Waals surface area contributed by atoms with Crippen LogP contribution in [0, 0.1) is 6.92 Å². The van der Waals surface area contributed by atoms with Gasteiger partial charge in [0, 0.05) is 36.9 Å². The molecule has 1 atom stereocenters. The van der Waals surface area contributed by atoms with Crippen molar-refractivity contribution < 1.29 is 17.9 Å². The fourth-order valence-corrected chi connectivity index (χ4v) is 5.33. The number of carbonyl (C=O) groups excluding carboxylic acids is 1. The Morgan fingerprint density at radius 1 is 1.12 bits per heavy atom. The summed E-state index contributed by atoms with van der Waals surface area (Å²) in [4.78, 5) is 16.7. The highest BCUT2D eigenvalue weighted by Gasteiger charge is 2.29. The molecule has 0 radical (unpaired) electrons. The third-order valence-electron chi connectivity index (χ3n) is 5.32. The molecule has 1 saturated heterocycles. The number of sulfonamides is 1. The number of hydrogen-bond donors (Lipinski definition) is 1. The zero-order chi connectivity index (χ0) is 23.5. The zero-order valence-corrected chi connectivity index (χ0v) is 20.6. The minimum atomic E-state index is -3.92. The summed E-state index contributed by atoms with van der Waals surface area (Å²) in [7, 11) is -3.92. The van der Waals surface area contributed by atoms with E-state index in [2.05, 4.69) is 9.62 Å². The summed E-state index contributed by atoms with van der Waals surface area (Å²) in [6.07, 6.45) is 0. The van der Waals surface area contributed by atoms with E-state index in [0.29, 0.717) is 43.6 Å². The highest BCUT2D eigenvalue weighted by atomic mass is 35.5. The van der Waals surface area contributed by atoms with Crippen molar-refractivity contribution >= 4 is 44.8 Å². The number of amides is 1. The number of aryl methyl sites for hydroxylation is 1. The summed E-state index contributed by atoms with van der Waals surface area (Å²) in [5.74, 6) is 0.137. The van der Waals surface area contributed by atoms with E-state index in [0.717, 1.165) is 11.3 Å². The monoisotopic (exact) mass is 499 g/mol. The molecule has 0 aromatic heterocycles. The number of nitrogens with one attached hydrogen (secondary N) is 1. The van der Waals surface area contributed by atoms with Crippen LogP contribution in [0.1, 0.15) is 19.4 Å². The van der Waals surface area contributed by atoms with Gasteiger partial charge in [-0.1, -0.05) is 29.3 Å². The minimum Gasteiger partial charge on any atom is -0.492 e. The van der Waals surface area contributed by atoms with Gasteiger partial charge in [-0.3, -0.25) is 4.79 Å². The number of halogens is 2. The molecule has 2 aromatic carbocycles. The van der Waals surface area contributed by atoms with Crippen molar-refractivity contribution in [3.05, 3.63) is 52.0 Å². The Balaban J connectivity index is 1.62. The van der Waals surface area contributed by atoms with Gasteiger partial charge in [0.25, 0.3) is 0 Å². The van der Waals surface area contributed by atoms with Gasteiger partial charge in [0.15, 0.2) is 0 Å². The standard InChI is InChI=1S/C22H27Cl2N3O4S/c1-4-31-21-8-7-18(14-19(21)24)32(29,30)25-16(3)22(28)27-11-9-26(10-12-27)20-13-17(23)6-5-15(20)2/h5-8,13-14,16,25H,4,9-12H2,1-3H3/t16-/m1/s1. The van der Waals surface area contributed by atoms with Gasteiger partial charge in [-0.25, -0.2) is 8.42 Å². The molecule has 3 rings (SSSR count). The maximum Gasteiger partial charge on any atom is 0.241 e. The fourth-order valence-electron chi connectivity index (χ4n) is 3.64. The number of rotatable bonds is 7. The Kier molecular flexibility index (Phi) is 7.92. The Hall–Kier alpha value is -2.00. The molecule has 1 fully saturated rings. The predicted molar refractivity (Wildman–Crippen MR) is 127 cm³/mol. The van der Waals surface area contributed by atoms with Crippen LogP contribution in [-0.4, -0.2) is 58.1 Å². The van der Waals surface area contributed by atoms with Crippen LogP contribution in [0.15, 0.2) is 41.3 Å². The van der Waals surface area contributed by atoms with Crippen LogP contribution in [0.2, 0.25) is 10.0 Å². The highest BCUT2D eigenvalue weighted by molar-refractivity contribution is 7.89. The van der Waals surface area contributed by atoms with Crippen molar-refractivity contribution in [1.82, 2.24) is 9.62 Å². The maximum atomic E-state index is 12.9. The van der Waals surface area contributed by atoms with Crippen LogP contribution in [0.3, 0.4) is 0 Å². The SMILES string of the molecule is CCOc1ccc(S(=O)(=O)N[C@H](C)C(=O)N2CCN(c3cc(Cl)ccc3C)CC2)cc1Cl. The first-order chi connectivity index (χ1) is 15.1. The first-order valence-electron chi connectivity index (χ1n) is 10.4. The first kappa shape index (κ1) is 24.6. The van der Waals surface area contributed by atoms with E-state index in [1.54, 1.807) is 11.8 Å². The number of anilines is 1. The molecule has 1 heterocycles. The molecule has 1 aliphatic rings. The molecule has 0 unspecified atom stereocenters. The molecule has 1 N–H and O–H groups in total. The largest absolute Gasteiger partial charge is 0.492 e. The minimum absolute atomic E-state index is 0.0214. The van der Waals surface area contributed by atoms with E-state index in [-0.39, 0.29) is 15.8 Å². The lowest BCUT2D eigenvalue weighted by atomic mass is 10.1. The summed E-state index contributed by atoms with van der Waals surface area (Å²) >= 11 is 12.2. The lowest BCUT2D eigenvalue weighted by molar-refractivity contribution is -0.132. The summed E-state index contributed by atoms with van der Waals surface area (Å²) in [5.41, 5.74) is 2.16. The van der Waals surface area contributed by atoms with Crippen molar-refractivity contribution in [2.75, 3.05) is 37.7 Å². The summed E-state index contributed by atoms with van der Waals surface area (Å²) in [5, 5.41) is 0.864. The summed E-state index contributed by atoms with van der Waals surface area (Å²) in [6.45, 7) is 8.06. The van der Waals surface area contributed by atoms with Gasteiger partial charge in [0.1, 0.15) is 5.75 Å². The number of piperazine rings is 1. The molecule has 0 bridgehead atoms. The van der Waals surface area contributed by atoms with E-state index < -0.39 is 16.1 Å². The number of carbonyl (C=O) groups is 1. The van der Waals surface area contributed by atoms with Crippen molar-refractivity contribution in [2.24, 2.45) is 0 Å². The molecule has 2 aromatic rings. The second-order valence-electron chi connectivity index (χ2n) is 7.61. The Morgan fingerprint density at radius 2 is 1.81 bits per heavy atom. The highest BCUT2D eigenvalue weighted by Crippen LogP contribution is 2.28. The topological polar surface area (TPSA) is 78.9 Å². The third kappa shape index (κ3) is 5.67. The lowest BCUT2D eigenvalue weighted by Crippen LogP contribution is -2.54. The fraction of sp³-hybridized carbons (Fsp3) is 0.409. The van der Waals surface area contributed by atoms with Crippen molar-refractivity contribution in [3.63, 3.8) is 0 Å². The third-order valence-corrected chi connectivity index (χ3v) is 7.39. The van der Waals surface area contributed by atoms with Gasteiger partial charge in [0.2, 0.25) is 15.9 Å². The van der Waals surface area contributed by atoms with Crippen LogP contribution in [-0.2, 0) is 14.8 Å². The van der Waals surface area contributed by atoms with Gasteiger partial charge in [-0.2, -0.15) is 4.72 Å². The van der Waals surface area contributed by atoms with Gasteiger partial charge in [-0.05, 0) is 56.7 Å². The van der Waals surface area contributed by atoms with Gasteiger partial charge in [-0.15, -0.1) is 0 Å². The second-order valence-corrected chi connectivity index (χ2v) is 10.2. The Morgan fingerprint density at radius 3 is 2.44 bits per heavy atom. The van der Waals surface area contributed by atoms with E-state index in [1.807, 2.05) is 32.0 Å². The normalized spacial score (nSPS) is 15.5. The molecule has 7 nitrogen and oxygen atoms in total.